The Kier molecular flexibility index (Phi) is 4.78. The summed E-state index contributed by atoms with van der Waals surface area (Å²) in [6, 6.07) is 0.0385. The number of hydrogen-bond acceptors (Lipinski definition) is 2. The number of nitrogens with zero attached hydrogens (tertiary/aromatic N) is 1. The van der Waals surface area contributed by atoms with Gasteiger partial charge in [0.2, 0.25) is 5.91 Å². The zero-order valence-corrected chi connectivity index (χ0v) is 11.1. The van der Waals surface area contributed by atoms with Gasteiger partial charge in [-0.25, -0.2) is 0 Å². The van der Waals surface area contributed by atoms with Gasteiger partial charge in [0.15, 0.2) is 0 Å². The molecule has 1 saturated heterocycles. The molecule has 0 aromatic heterocycles. The van der Waals surface area contributed by atoms with E-state index in [9.17, 15) is 4.79 Å². The molecule has 16 heavy (non-hydrogen) atoms. The maximum absolute atomic E-state index is 12.2. The summed E-state index contributed by atoms with van der Waals surface area (Å²) in [4.78, 5) is 14.2. The third-order valence-corrected chi connectivity index (χ3v) is 3.80. The van der Waals surface area contributed by atoms with E-state index in [-0.39, 0.29) is 11.9 Å². The lowest BCUT2D eigenvalue weighted by atomic mass is 9.85. The van der Waals surface area contributed by atoms with Gasteiger partial charge >= 0.3 is 0 Å². The van der Waals surface area contributed by atoms with E-state index in [2.05, 4.69) is 27.7 Å². The van der Waals surface area contributed by atoms with E-state index in [1.54, 1.807) is 0 Å². The Morgan fingerprint density at radius 2 is 2.06 bits per heavy atom. The molecular formula is C13H26N2O. The van der Waals surface area contributed by atoms with Crippen molar-refractivity contribution >= 4 is 5.91 Å². The smallest absolute Gasteiger partial charge is 0.239 e. The summed E-state index contributed by atoms with van der Waals surface area (Å²) in [5, 5.41) is 0. The second-order valence-corrected chi connectivity index (χ2v) is 5.44. The van der Waals surface area contributed by atoms with Crippen molar-refractivity contribution in [3.63, 3.8) is 0 Å². The number of likely N-dealkylation sites (tertiary alicyclic amines) is 1. The lowest BCUT2D eigenvalue weighted by Crippen LogP contribution is -2.54. The Morgan fingerprint density at radius 3 is 2.62 bits per heavy atom. The molecule has 0 aromatic carbocycles. The SMILES string of the molecule is CCC[C@@H](N)C(=O)N1CC(C)CC(C)C1C. The molecule has 94 valence electrons. The molecule has 0 saturated carbocycles. The van der Waals surface area contributed by atoms with Crippen molar-refractivity contribution < 1.29 is 4.79 Å². The molecule has 0 bridgehead atoms. The predicted molar refractivity (Wildman–Crippen MR) is 67.0 cm³/mol. The summed E-state index contributed by atoms with van der Waals surface area (Å²) in [6.45, 7) is 9.53. The van der Waals surface area contributed by atoms with E-state index in [0.29, 0.717) is 17.9 Å². The third kappa shape index (κ3) is 2.97. The van der Waals surface area contributed by atoms with Crippen LogP contribution in [0.4, 0.5) is 0 Å². The first-order valence-electron chi connectivity index (χ1n) is 6.53. The normalized spacial score (nSPS) is 32.6. The fourth-order valence-corrected chi connectivity index (χ4v) is 2.65. The molecule has 3 unspecified atom stereocenters. The summed E-state index contributed by atoms with van der Waals surface area (Å²) >= 11 is 0. The number of nitrogens with two attached hydrogens (primary N) is 1. The molecule has 1 aliphatic rings. The third-order valence-electron chi connectivity index (χ3n) is 3.80. The molecule has 0 radical (unpaired) electrons. The molecule has 1 aliphatic heterocycles. The van der Waals surface area contributed by atoms with Gasteiger partial charge < -0.3 is 10.6 Å². The van der Waals surface area contributed by atoms with Gasteiger partial charge in [0.25, 0.3) is 0 Å². The van der Waals surface area contributed by atoms with Crippen LogP contribution in [-0.4, -0.2) is 29.4 Å². The monoisotopic (exact) mass is 226 g/mol. The van der Waals surface area contributed by atoms with Crippen LogP contribution in [0, 0.1) is 11.8 Å². The van der Waals surface area contributed by atoms with E-state index < -0.39 is 0 Å². The average molecular weight is 226 g/mol. The molecule has 1 rings (SSSR count). The van der Waals surface area contributed by atoms with Gasteiger partial charge in [-0.05, 0) is 31.6 Å². The molecule has 3 nitrogen and oxygen atoms in total. The summed E-state index contributed by atoms with van der Waals surface area (Å²) in [5.74, 6) is 1.33. The van der Waals surface area contributed by atoms with Crippen molar-refractivity contribution in [1.82, 2.24) is 4.90 Å². The Balaban J connectivity index is 2.66. The van der Waals surface area contributed by atoms with Crippen molar-refractivity contribution in [2.75, 3.05) is 6.54 Å². The molecule has 0 aliphatic carbocycles. The maximum atomic E-state index is 12.2. The fourth-order valence-electron chi connectivity index (χ4n) is 2.65. The summed E-state index contributed by atoms with van der Waals surface area (Å²) in [7, 11) is 0. The van der Waals surface area contributed by atoms with Crippen LogP contribution < -0.4 is 5.73 Å². The molecule has 1 heterocycles. The molecule has 0 aromatic rings. The lowest BCUT2D eigenvalue weighted by Gasteiger charge is -2.42. The standard InChI is InChI=1S/C13H26N2O/c1-5-6-12(14)13(16)15-8-9(2)7-10(3)11(15)4/h9-12H,5-8,14H2,1-4H3/t9?,10?,11?,12-/m1/s1. The number of amides is 1. The van der Waals surface area contributed by atoms with Crippen molar-refractivity contribution in [3.05, 3.63) is 0 Å². The van der Waals surface area contributed by atoms with Crippen LogP contribution in [-0.2, 0) is 4.79 Å². The highest BCUT2D eigenvalue weighted by atomic mass is 16.2. The van der Waals surface area contributed by atoms with Crippen molar-refractivity contribution in [3.8, 4) is 0 Å². The van der Waals surface area contributed by atoms with E-state index in [4.69, 9.17) is 5.73 Å². The topological polar surface area (TPSA) is 46.3 Å². The van der Waals surface area contributed by atoms with Crippen LogP contribution in [0.5, 0.6) is 0 Å². The molecule has 1 fully saturated rings. The highest BCUT2D eigenvalue weighted by molar-refractivity contribution is 5.82. The second kappa shape index (κ2) is 5.67. The van der Waals surface area contributed by atoms with Gasteiger partial charge in [0.05, 0.1) is 6.04 Å². The van der Waals surface area contributed by atoms with Crippen molar-refractivity contribution in [2.45, 2.75) is 59.0 Å². The van der Waals surface area contributed by atoms with Crippen LogP contribution in [0.25, 0.3) is 0 Å². The van der Waals surface area contributed by atoms with Crippen LogP contribution in [0.3, 0.4) is 0 Å². The van der Waals surface area contributed by atoms with E-state index in [0.717, 1.165) is 19.4 Å². The van der Waals surface area contributed by atoms with Gasteiger partial charge in [-0.2, -0.15) is 0 Å². The Morgan fingerprint density at radius 1 is 1.44 bits per heavy atom. The number of hydrogen-bond donors (Lipinski definition) is 1. The largest absolute Gasteiger partial charge is 0.338 e. The van der Waals surface area contributed by atoms with Crippen LogP contribution >= 0.6 is 0 Å². The minimum absolute atomic E-state index is 0.146. The van der Waals surface area contributed by atoms with Gasteiger partial charge in [0, 0.05) is 12.6 Å². The molecule has 1 amide bonds. The fraction of sp³-hybridized carbons (Fsp3) is 0.923. The summed E-state index contributed by atoms with van der Waals surface area (Å²) in [5.41, 5.74) is 5.92. The first-order chi connectivity index (χ1) is 7.47. The van der Waals surface area contributed by atoms with Gasteiger partial charge in [0.1, 0.15) is 0 Å². The minimum atomic E-state index is -0.301. The van der Waals surface area contributed by atoms with Crippen LogP contribution in [0.1, 0.15) is 47.0 Å². The average Bonchev–Trinajstić information content (AvgIpc) is 2.22. The van der Waals surface area contributed by atoms with E-state index in [1.165, 1.54) is 6.42 Å². The van der Waals surface area contributed by atoms with Crippen LogP contribution in [0.15, 0.2) is 0 Å². The lowest BCUT2D eigenvalue weighted by molar-refractivity contribution is -0.138. The number of rotatable bonds is 3. The molecule has 4 atom stereocenters. The van der Waals surface area contributed by atoms with E-state index >= 15 is 0 Å². The highest BCUT2D eigenvalue weighted by Crippen LogP contribution is 2.27. The molecular weight excluding hydrogens is 200 g/mol. The van der Waals surface area contributed by atoms with Gasteiger partial charge in [-0.3, -0.25) is 4.79 Å². The summed E-state index contributed by atoms with van der Waals surface area (Å²) < 4.78 is 0. The minimum Gasteiger partial charge on any atom is -0.338 e. The number of carbonyl (C=O) groups is 1. The van der Waals surface area contributed by atoms with Crippen LogP contribution in [0.2, 0.25) is 0 Å². The maximum Gasteiger partial charge on any atom is 0.239 e. The zero-order chi connectivity index (χ0) is 12.3. The first kappa shape index (κ1) is 13.5. The van der Waals surface area contributed by atoms with Gasteiger partial charge in [-0.15, -0.1) is 0 Å². The first-order valence-corrected chi connectivity index (χ1v) is 6.53. The van der Waals surface area contributed by atoms with Crippen molar-refractivity contribution in [1.29, 1.82) is 0 Å². The quantitative estimate of drug-likeness (QED) is 0.800. The number of piperidine rings is 1. The zero-order valence-electron chi connectivity index (χ0n) is 11.1. The Hall–Kier alpha value is -0.570. The van der Waals surface area contributed by atoms with Crippen molar-refractivity contribution in [2.24, 2.45) is 17.6 Å². The Labute approximate surface area is 99.4 Å². The van der Waals surface area contributed by atoms with Gasteiger partial charge in [-0.1, -0.05) is 27.2 Å². The molecule has 3 heteroatoms. The summed E-state index contributed by atoms with van der Waals surface area (Å²) in [6.07, 6.45) is 2.99. The predicted octanol–water partition coefficient (Wildman–Crippen LogP) is 2.01. The molecule has 0 spiro atoms. The van der Waals surface area contributed by atoms with E-state index in [1.807, 2.05) is 4.90 Å². The highest BCUT2D eigenvalue weighted by Gasteiger charge is 2.33. The second-order valence-electron chi connectivity index (χ2n) is 5.44. The number of carbonyl (C=O) groups excluding carboxylic acids is 1. The Bertz CT molecular complexity index is 242. The molecule has 2 N–H and O–H groups in total.